The molecule has 0 heterocycles. The molecule has 0 radical (unpaired) electrons. The van der Waals surface area contributed by atoms with Gasteiger partial charge in [0.15, 0.2) is 28.8 Å². The summed E-state index contributed by atoms with van der Waals surface area (Å²) >= 11 is 0. The molecule has 6 nitrogen and oxygen atoms in total. The smallest absolute Gasteiger partial charge is 0.343 e. The molecule has 0 saturated carbocycles. The van der Waals surface area contributed by atoms with Crippen molar-refractivity contribution >= 4 is 11.8 Å². The van der Waals surface area contributed by atoms with E-state index in [4.69, 9.17) is 18.9 Å². The number of carbonyl (C=O) groups is 2. The molecule has 6 heteroatoms. The standard InChI is InChI=1S/C18H18O6/c1-11(19)12-5-8-15(17(9-12)23-4)24-18(20)13-6-7-14(21-2)16(10-13)22-3/h5-10H,1-4H3. The monoisotopic (exact) mass is 330 g/mol. The fraction of sp³-hybridized carbons (Fsp3) is 0.222. The molecule has 0 aromatic heterocycles. The lowest BCUT2D eigenvalue weighted by Crippen LogP contribution is -2.10. The Morgan fingerprint density at radius 3 is 1.79 bits per heavy atom. The summed E-state index contributed by atoms with van der Waals surface area (Å²) < 4.78 is 20.8. The van der Waals surface area contributed by atoms with Gasteiger partial charge >= 0.3 is 5.97 Å². The number of ether oxygens (including phenoxy) is 4. The van der Waals surface area contributed by atoms with E-state index in [0.29, 0.717) is 28.4 Å². The molecule has 0 amide bonds. The number of methoxy groups -OCH3 is 3. The van der Waals surface area contributed by atoms with Gasteiger partial charge in [-0.15, -0.1) is 0 Å². The van der Waals surface area contributed by atoms with Crippen LogP contribution in [0.4, 0.5) is 0 Å². The molecular formula is C18H18O6. The molecule has 2 rings (SSSR count). The highest BCUT2D eigenvalue weighted by Crippen LogP contribution is 2.31. The zero-order chi connectivity index (χ0) is 17.7. The van der Waals surface area contributed by atoms with Crippen LogP contribution in [0.5, 0.6) is 23.0 Å². The van der Waals surface area contributed by atoms with Gasteiger partial charge in [0.25, 0.3) is 0 Å². The highest BCUT2D eigenvalue weighted by Gasteiger charge is 2.16. The quantitative estimate of drug-likeness (QED) is 0.460. The molecule has 2 aromatic rings. The summed E-state index contributed by atoms with van der Waals surface area (Å²) in [6, 6.07) is 9.33. The van der Waals surface area contributed by atoms with Gasteiger partial charge in [0.05, 0.1) is 26.9 Å². The van der Waals surface area contributed by atoms with Crippen molar-refractivity contribution in [2.24, 2.45) is 0 Å². The maximum atomic E-state index is 12.3. The van der Waals surface area contributed by atoms with Gasteiger partial charge in [-0.1, -0.05) is 0 Å². The Bertz CT molecular complexity index is 766. The van der Waals surface area contributed by atoms with E-state index < -0.39 is 5.97 Å². The third-order valence-corrected chi connectivity index (χ3v) is 3.39. The van der Waals surface area contributed by atoms with Gasteiger partial charge in [0, 0.05) is 5.56 Å². The number of hydrogen-bond acceptors (Lipinski definition) is 6. The molecule has 0 unspecified atom stereocenters. The van der Waals surface area contributed by atoms with Crippen LogP contribution in [0.25, 0.3) is 0 Å². The number of esters is 1. The first-order valence-electron chi connectivity index (χ1n) is 7.13. The van der Waals surface area contributed by atoms with Gasteiger partial charge in [-0.25, -0.2) is 4.79 Å². The third-order valence-electron chi connectivity index (χ3n) is 3.39. The van der Waals surface area contributed by atoms with Crippen molar-refractivity contribution in [2.75, 3.05) is 21.3 Å². The number of hydrogen-bond donors (Lipinski definition) is 0. The molecule has 0 aliphatic heterocycles. The van der Waals surface area contributed by atoms with Crippen LogP contribution in [0.3, 0.4) is 0 Å². The minimum Gasteiger partial charge on any atom is -0.493 e. The van der Waals surface area contributed by atoms with E-state index in [1.807, 2.05) is 0 Å². The van der Waals surface area contributed by atoms with E-state index in [0.717, 1.165) is 0 Å². The molecule has 0 atom stereocenters. The Morgan fingerprint density at radius 1 is 0.708 bits per heavy atom. The van der Waals surface area contributed by atoms with Crippen molar-refractivity contribution in [3.05, 3.63) is 47.5 Å². The summed E-state index contributed by atoms with van der Waals surface area (Å²) in [7, 11) is 4.43. The fourth-order valence-corrected chi connectivity index (χ4v) is 2.09. The SMILES string of the molecule is COc1ccc(C(=O)Oc2ccc(C(C)=O)cc2OC)cc1OC. The third kappa shape index (κ3) is 3.65. The average molecular weight is 330 g/mol. The molecule has 0 saturated heterocycles. The summed E-state index contributed by atoms with van der Waals surface area (Å²) in [4.78, 5) is 23.7. The van der Waals surface area contributed by atoms with E-state index in [1.54, 1.807) is 18.2 Å². The Kier molecular flexibility index (Phi) is 5.42. The van der Waals surface area contributed by atoms with E-state index in [-0.39, 0.29) is 11.5 Å². The first kappa shape index (κ1) is 17.3. The first-order valence-corrected chi connectivity index (χ1v) is 7.13. The maximum Gasteiger partial charge on any atom is 0.343 e. The Hall–Kier alpha value is -3.02. The highest BCUT2D eigenvalue weighted by molar-refractivity contribution is 5.95. The van der Waals surface area contributed by atoms with Crippen LogP contribution < -0.4 is 18.9 Å². The molecule has 0 N–H and O–H groups in total. The van der Waals surface area contributed by atoms with Crippen LogP contribution >= 0.6 is 0 Å². The first-order chi connectivity index (χ1) is 11.5. The summed E-state index contributed by atoms with van der Waals surface area (Å²) in [5.41, 5.74) is 0.767. The number of ketones is 1. The van der Waals surface area contributed by atoms with Gasteiger partial charge < -0.3 is 18.9 Å². The summed E-state index contributed by atoms with van der Waals surface area (Å²) in [5, 5.41) is 0. The Morgan fingerprint density at radius 2 is 1.21 bits per heavy atom. The number of Topliss-reactive ketones (excluding diaryl/α,β-unsaturated/α-hetero) is 1. The summed E-state index contributed by atoms with van der Waals surface area (Å²) in [6.07, 6.45) is 0. The zero-order valence-electron chi connectivity index (χ0n) is 13.9. The largest absolute Gasteiger partial charge is 0.493 e. The predicted molar refractivity (Wildman–Crippen MR) is 87.5 cm³/mol. The lowest BCUT2D eigenvalue weighted by molar-refractivity contribution is 0.0729. The molecule has 0 fully saturated rings. The molecule has 0 aliphatic rings. The predicted octanol–water partition coefficient (Wildman–Crippen LogP) is 3.13. The van der Waals surface area contributed by atoms with E-state index in [1.165, 1.54) is 46.5 Å². The number of benzene rings is 2. The second-order valence-electron chi connectivity index (χ2n) is 4.88. The average Bonchev–Trinajstić information content (AvgIpc) is 2.60. The zero-order valence-corrected chi connectivity index (χ0v) is 13.9. The van der Waals surface area contributed by atoms with Gasteiger partial charge in [-0.2, -0.15) is 0 Å². The maximum absolute atomic E-state index is 12.3. The van der Waals surface area contributed by atoms with Crippen LogP contribution in [0.2, 0.25) is 0 Å². The van der Waals surface area contributed by atoms with Crippen molar-refractivity contribution in [1.82, 2.24) is 0 Å². The van der Waals surface area contributed by atoms with Crippen molar-refractivity contribution in [3.63, 3.8) is 0 Å². The lowest BCUT2D eigenvalue weighted by atomic mass is 10.1. The van der Waals surface area contributed by atoms with Gasteiger partial charge in [0.2, 0.25) is 0 Å². The van der Waals surface area contributed by atoms with Crippen molar-refractivity contribution < 1.29 is 28.5 Å². The second-order valence-corrected chi connectivity index (χ2v) is 4.88. The molecule has 24 heavy (non-hydrogen) atoms. The van der Waals surface area contributed by atoms with E-state index >= 15 is 0 Å². The lowest BCUT2D eigenvalue weighted by Gasteiger charge is -2.12. The summed E-state index contributed by atoms with van der Waals surface area (Å²) in [5.74, 6) is 0.776. The fourth-order valence-electron chi connectivity index (χ4n) is 2.09. The molecule has 0 aliphatic carbocycles. The van der Waals surface area contributed by atoms with Crippen LogP contribution in [0, 0.1) is 0 Å². The number of rotatable bonds is 6. The van der Waals surface area contributed by atoms with Crippen LogP contribution in [-0.2, 0) is 0 Å². The minimum atomic E-state index is -0.579. The van der Waals surface area contributed by atoms with Crippen LogP contribution in [0.15, 0.2) is 36.4 Å². The Balaban J connectivity index is 2.28. The molecule has 126 valence electrons. The molecule has 0 bridgehead atoms. The van der Waals surface area contributed by atoms with Gasteiger partial charge in [0.1, 0.15) is 0 Å². The Labute approximate surface area is 139 Å². The van der Waals surface area contributed by atoms with Crippen molar-refractivity contribution in [1.29, 1.82) is 0 Å². The van der Waals surface area contributed by atoms with Crippen molar-refractivity contribution in [3.8, 4) is 23.0 Å². The van der Waals surface area contributed by atoms with Gasteiger partial charge in [-0.05, 0) is 43.3 Å². The van der Waals surface area contributed by atoms with Gasteiger partial charge in [-0.3, -0.25) is 4.79 Å². The normalized spacial score (nSPS) is 10.0. The molecule has 2 aromatic carbocycles. The summed E-state index contributed by atoms with van der Waals surface area (Å²) in [6.45, 7) is 1.45. The second kappa shape index (κ2) is 7.50. The highest BCUT2D eigenvalue weighted by atomic mass is 16.6. The van der Waals surface area contributed by atoms with Crippen LogP contribution in [-0.4, -0.2) is 33.1 Å². The van der Waals surface area contributed by atoms with E-state index in [9.17, 15) is 9.59 Å². The number of carbonyl (C=O) groups excluding carboxylic acids is 2. The minimum absolute atomic E-state index is 0.105. The molecular weight excluding hydrogens is 312 g/mol. The van der Waals surface area contributed by atoms with Crippen LogP contribution in [0.1, 0.15) is 27.6 Å². The van der Waals surface area contributed by atoms with Crippen molar-refractivity contribution in [2.45, 2.75) is 6.92 Å². The topological polar surface area (TPSA) is 71.1 Å². The van der Waals surface area contributed by atoms with E-state index in [2.05, 4.69) is 0 Å². The molecule has 0 spiro atoms.